The summed E-state index contributed by atoms with van der Waals surface area (Å²) in [4.78, 5) is 10.9. The maximum atomic E-state index is 13.3. The number of carbonyl (C=O) groups is 1. The lowest BCUT2D eigenvalue weighted by Crippen LogP contribution is -2.02. The monoisotopic (exact) mass is 274 g/mol. The van der Waals surface area contributed by atoms with Gasteiger partial charge in [-0.05, 0) is 60.9 Å². The van der Waals surface area contributed by atoms with Gasteiger partial charge in [0.2, 0.25) is 0 Å². The molecule has 2 aromatic rings. The maximum Gasteiger partial charge on any atom is 0.335 e. The highest BCUT2D eigenvalue weighted by Crippen LogP contribution is 2.18. The van der Waals surface area contributed by atoms with E-state index in [1.54, 1.807) is 0 Å². The number of carboxylic acid groups (broad SMARTS) is 1. The van der Waals surface area contributed by atoms with Gasteiger partial charge in [0.1, 0.15) is 18.2 Å². The van der Waals surface area contributed by atoms with Gasteiger partial charge in [-0.15, -0.1) is 0 Å². The van der Waals surface area contributed by atoms with Gasteiger partial charge in [-0.25, -0.2) is 9.18 Å². The van der Waals surface area contributed by atoms with Crippen LogP contribution in [0.5, 0.6) is 5.75 Å². The van der Waals surface area contributed by atoms with Crippen molar-refractivity contribution in [3.8, 4) is 5.75 Å². The first kappa shape index (κ1) is 14.1. The maximum absolute atomic E-state index is 13.3. The van der Waals surface area contributed by atoms with Crippen LogP contribution < -0.4 is 4.74 Å². The molecule has 0 bridgehead atoms. The molecule has 0 aliphatic carbocycles. The van der Waals surface area contributed by atoms with Crippen molar-refractivity contribution in [3.05, 3.63) is 64.5 Å². The molecule has 20 heavy (non-hydrogen) atoms. The highest BCUT2D eigenvalue weighted by molar-refractivity contribution is 5.87. The molecule has 0 radical (unpaired) electrons. The molecule has 0 saturated heterocycles. The molecule has 0 aliphatic rings. The SMILES string of the molecule is Cc1cc(C)cc(OCc2cc(F)cc(C(=O)O)c2)c1. The van der Waals surface area contributed by atoms with E-state index in [4.69, 9.17) is 9.84 Å². The third-order valence-electron chi connectivity index (χ3n) is 2.81. The molecular weight excluding hydrogens is 259 g/mol. The van der Waals surface area contributed by atoms with Crippen molar-refractivity contribution in [2.24, 2.45) is 0 Å². The Morgan fingerprint density at radius 2 is 1.75 bits per heavy atom. The van der Waals surface area contributed by atoms with Crippen molar-refractivity contribution >= 4 is 5.97 Å². The summed E-state index contributed by atoms with van der Waals surface area (Å²) < 4.78 is 18.9. The Labute approximate surface area is 116 Å². The van der Waals surface area contributed by atoms with Crippen LogP contribution in [0.4, 0.5) is 4.39 Å². The minimum atomic E-state index is -1.16. The number of hydrogen-bond acceptors (Lipinski definition) is 2. The highest BCUT2D eigenvalue weighted by atomic mass is 19.1. The summed E-state index contributed by atoms with van der Waals surface area (Å²) in [6.07, 6.45) is 0. The summed E-state index contributed by atoms with van der Waals surface area (Å²) in [5.41, 5.74) is 2.56. The second-order valence-corrected chi connectivity index (χ2v) is 4.77. The van der Waals surface area contributed by atoms with Crippen LogP contribution in [0.2, 0.25) is 0 Å². The summed E-state index contributed by atoms with van der Waals surface area (Å²) in [6.45, 7) is 4.05. The fourth-order valence-electron chi connectivity index (χ4n) is 2.04. The molecule has 0 heterocycles. The molecule has 0 aromatic heterocycles. The van der Waals surface area contributed by atoms with Gasteiger partial charge in [-0.3, -0.25) is 0 Å². The van der Waals surface area contributed by atoms with Crippen molar-refractivity contribution in [2.75, 3.05) is 0 Å². The summed E-state index contributed by atoms with van der Waals surface area (Å²) in [5, 5.41) is 8.88. The molecule has 1 N–H and O–H groups in total. The van der Waals surface area contributed by atoms with E-state index in [0.29, 0.717) is 11.3 Å². The summed E-state index contributed by atoms with van der Waals surface area (Å²) in [7, 11) is 0. The summed E-state index contributed by atoms with van der Waals surface area (Å²) >= 11 is 0. The predicted octanol–water partition coefficient (Wildman–Crippen LogP) is 3.72. The van der Waals surface area contributed by atoms with Crippen molar-refractivity contribution in [3.63, 3.8) is 0 Å². The number of aromatic carboxylic acids is 1. The summed E-state index contributed by atoms with van der Waals surface area (Å²) in [6, 6.07) is 9.46. The van der Waals surface area contributed by atoms with E-state index in [1.165, 1.54) is 12.1 Å². The van der Waals surface area contributed by atoms with E-state index < -0.39 is 11.8 Å². The zero-order chi connectivity index (χ0) is 14.7. The van der Waals surface area contributed by atoms with Crippen LogP contribution >= 0.6 is 0 Å². The minimum absolute atomic E-state index is 0.0796. The molecule has 0 aliphatic heterocycles. The van der Waals surface area contributed by atoms with Gasteiger partial charge in [0.05, 0.1) is 5.56 Å². The third-order valence-corrected chi connectivity index (χ3v) is 2.81. The Balaban J connectivity index is 2.16. The normalized spacial score (nSPS) is 10.3. The fourth-order valence-corrected chi connectivity index (χ4v) is 2.04. The topological polar surface area (TPSA) is 46.5 Å². The van der Waals surface area contributed by atoms with Crippen molar-refractivity contribution in [1.82, 2.24) is 0 Å². The number of carboxylic acids is 1. The van der Waals surface area contributed by atoms with Gasteiger partial charge >= 0.3 is 5.97 Å². The van der Waals surface area contributed by atoms with Crippen LogP contribution in [0.3, 0.4) is 0 Å². The first-order valence-electron chi connectivity index (χ1n) is 6.18. The predicted molar refractivity (Wildman–Crippen MR) is 73.6 cm³/mol. The van der Waals surface area contributed by atoms with Crippen molar-refractivity contribution < 1.29 is 19.0 Å². The third kappa shape index (κ3) is 3.57. The molecular formula is C16H15FO3. The van der Waals surface area contributed by atoms with Crippen LogP contribution in [-0.2, 0) is 6.61 Å². The molecule has 0 unspecified atom stereocenters. The van der Waals surface area contributed by atoms with Crippen molar-refractivity contribution in [1.29, 1.82) is 0 Å². The number of halogens is 1. The first-order valence-corrected chi connectivity index (χ1v) is 6.18. The number of hydrogen-bond donors (Lipinski definition) is 1. The van der Waals surface area contributed by atoms with Gasteiger partial charge in [-0.2, -0.15) is 0 Å². The molecule has 0 atom stereocenters. The lowest BCUT2D eigenvalue weighted by atomic mass is 10.1. The Kier molecular flexibility index (Phi) is 4.03. The molecule has 0 saturated carbocycles. The van der Waals surface area contributed by atoms with Crippen LogP contribution in [0.25, 0.3) is 0 Å². The smallest absolute Gasteiger partial charge is 0.335 e. The van der Waals surface area contributed by atoms with E-state index in [0.717, 1.165) is 17.2 Å². The van der Waals surface area contributed by atoms with E-state index in [1.807, 2.05) is 32.0 Å². The van der Waals surface area contributed by atoms with E-state index >= 15 is 0 Å². The second kappa shape index (κ2) is 5.74. The molecule has 0 spiro atoms. The highest BCUT2D eigenvalue weighted by Gasteiger charge is 2.07. The lowest BCUT2D eigenvalue weighted by molar-refractivity contribution is 0.0696. The number of ether oxygens (including phenoxy) is 1. The van der Waals surface area contributed by atoms with Gasteiger partial charge in [0.25, 0.3) is 0 Å². The Hall–Kier alpha value is -2.36. The minimum Gasteiger partial charge on any atom is -0.489 e. The standard InChI is InChI=1S/C16H15FO3/c1-10-3-11(2)5-15(4-10)20-9-12-6-13(16(18)19)8-14(17)7-12/h3-8H,9H2,1-2H3,(H,18,19). The number of aryl methyl sites for hydroxylation is 2. The van der Waals surface area contributed by atoms with E-state index in [2.05, 4.69) is 0 Å². The van der Waals surface area contributed by atoms with Gasteiger partial charge in [0, 0.05) is 0 Å². The first-order chi connectivity index (χ1) is 9.44. The number of rotatable bonds is 4. The Morgan fingerprint density at radius 3 is 2.35 bits per heavy atom. The zero-order valence-electron chi connectivity index (χ0n) is 11.3. The molecule has 2 rings (SSSR count). The van der Waals surface area contributed by atoms with E-state index in [9.17, 15) is 9.18 Å². The van der Waals surface area contributed by atoms with Gasteiger partial charge in [0.15, 0.2) is 0 Å². The van der Waals surface area contributed by atoms with Gasteiger partial charge < -0.3 is 9.84 Å². The van der Waals surface area contributed by atoms with E-state index in [-0.39, 0.29) is 12.2 Å². The Bertz CT molecular complexity index is 630. The molecule has 0 amide bonds. The zero-order valence-corrected chi connectivity index (χ0v) is 11.3. The van der Waals surface area contributed by atoms with Crippen LogP contribution in [0.1, 0.15) is 27.0 Å². The van der Waals surface area contributed by atoms with Gasteiger partial charge in [-0.1, -0.05) is 6.07 Å². The molecule has 3 nitrogen and oxygen atoms in total. The number of benzene rings is 2. The molecule has 4 heteroatoms. The van der Waals surface area contributed by atoms with Crippen LogP contribution in [0.15, 0.2) is 36.4 Å². The van der Waals surface area contributed by atoms with Crippen LogP contribution in [0, 0.1) is 19.7 Å². The average Bonchev–Trinajstić information content (AvgIpc) is 2.34. The summed E-state index contributed by atoms with van der Waals surface area (Å²) in [5.74, 6) is -1.05. The lowest BCUT2D eigenvalue weighted by Gasteiger charge is -2.09. The molecule has 0 fully saturated rings. The molecule has 104 valence electrons. The fraction of sp³-hybridized carbons (Fsp3) is 0.188. The molecule has 2 aromatic carbocycles. The Morgan fingerprint density at radius 1 is 1.10 bits per heavy atom. The van der Waals surface area contributed by atoms with Crippen LogP contribution in [-0.4, -0.2) is 11.1 Å². The second-order valence-electron chi connectivity index (χ2n) is 4.77. The largest absolute Gasteiger partial charge is 0.489 e. The quantitative estimate of drug-likeness (QED) is 0.924. The average molecular weight is 274 g/mol. The van der Waals surface area contributed by atoms with Crippen molar-refractivity contribution in [2.45, 2.75) is 20.5 Å².